The molecule has 0 aliphatic heterocycles. The summed E-state index contributed by atoms with van der Waals surface area (Å²) in [6.07, 6.45) is 0.310. The molecule has 2 aromatic rings. The van der Waals surface area contributed by atoms with Crippen molar-refractivity contribution >= 4 is 11.0 Å². The first-order valence-electron chi connectivity index (χ1n) is 5.71. The summed E-state index contributed by atoms with van der Waals surface area (Å²) >= 11 is 0. The third kappa shape index (κ3) is 2.49. The fourth-order valence-electron chi connectivity index (χ4n) is 1.88. The van der Waals surface area contributed by atoms with Crippen molar-refractivity contribution in [2.75, 3.05) is 13.6 Å². The van der Waals surface area contributed by atoms with Gasteiger partial charge in [0.1, 0.15) is 11.7 Å². The molecule has 0 saturated carbocycles. The van der Waals surface area contributed by atoms with Gasteiger partial charge >= 0.3 is 0 Å². The van der Waals surface area contributed by atoms with Gasteiger partial charge in [0.05, 0.1) is 12.4 Å². The van der Waals surface area contributed by atoms with Gasteiger partial charge in [-0.3, -0.25) is 0 Å². The maximum absolute atomic E-state index is 10.1. The predicted molar refractivity (Wildman–Crippen MR) is 65.7 cm³/mol. The Morgan fingerprint density at radius 1 is 1.29 bits per heavy atom. The summed E-state index contributed by atoms with van der Waals surface area (Å²) in [5, 5.41) is 23.7. The molecule has 1 heterocycles. The summed E-state index contributed by atoms with van der Waals surface area (Å²) in [5.74, 6) is 0. The number of aliphatic hydroxyl groups excluding tert-OH is 2. The van der Waals surface area contributed by atoms with Crippen LogP contribution in [0.25, 0.3) is 11.0 Å². The molecule has 0 amide bonds. The van der Waals surface area contributed by atoms with Crippen molar-refractivity contribution in [2.24, 2.45) is 0 Å². The Labute approximate surface area is 99.9 Å². The van der Waals surface area contributed by atoms with Gasteiger partial charge in [0.15, 0.2) is 0 Å². The lowest BCUT2D eigenvalue weighted by molar-refractivity contribution is 0.0144. The third-order valence-corrected chi connectivity index (χ3v) is 2.88. The van der Waals surface area contributed by atoms with E-state index < -0.39 is 12.2 Å². The average Bonchev–Trinajstić information content (AvgIpc) is 2.78. The molecule has 0 bridgehead atoms. The number of para-hydroxylation sites is 1. The molecule has 2 rings (SSSR count). The summed E-state index contributed by atoms with van der Waals surface area (Å²) in [6, 6.07) is 7.47. The standard InChI is InChI=1S/C13H17NO3/c1-14-7-6-11(15)13(16)10-8-17-12-5-3-2-4-9(10)12/h2-5,8,11,13-16H,6-7H2,1H3. The van der Waals surface area contributed by atoms with Crippen LogP contribution in [0, 0.1) is 0 Å². The Bertz CT molecular complexity index is 480. The molecule has 0 spiro atoms. The zero-order valence-corrected chi connectivity index (χ0v) is 9.76. The van der Waals surface area contributed by atoms with E-state index >= 15 is 0 Å². The van der Waals surface area contributed by atoms with Crippen LogP contribution in [-0.2, 0) is 0 Å². The molecule has 17 heavy (non-hydrogen) atoms. The van der Waals surface area contributed by atoms with Crippen LogP contribution in [-0.4, -0.2) is 29.9 Å². The van der Waals surface area contributed by atoms with Crippen molar-refractivity contribution in [3.63, 3.8) is 0 Å². The van der Waals surface area contributed by atoms with Gasteiger partial charge in [-0.2, -0.15) is 0 Å². The van der Waals surface area contributed by atoms with Crippen LogP contribution in [0.1, 0.15) is 18.1 Å². The topological polar surface area (TPSA) is 65.6 Å². The molecule has 3 N–H and O–H groups in total. The molecule has 0 fully saturated rings. The largest absolute Gasteiger partial charge is 0.464 e. The second kappa shape index (κ2) is 5.31. The number of aliphatic hydroxyl groups is 2. The Morgan fingerprint density at radius 2 is 2.06 bits per heavy atom. The number of nitrogens with one attached hydrogen (secondary N) is 1. The van der Waals surface area contributed by atoms with Crippen molar-refractivity contribution in [3.8, 4) is 0 Å². The molecule has 0 aliphatic carbocycles. The fourth-order valence-corrected chi connectivity index (χ4v) is 1.88. The van der Waals surface area contributed by atoms with Gasteiger partial charge in [-0.25, -0.2) is 0 Å². The molecule has 1 aromatic carbocycles. The number of fused-ring (bicyclic) bond motifs is 1. The first-order valence-corrected chi connectivity index (χ1v) is 5.71. The summed E-state index contributed by atoms with van der Waals surface area (Å²) in [6.45, 7) is 0.661. The predicted octanol–water partition coefficient (Wildman–Crippen LogP) is 1.44. The van der Waals surface area contributed by atoms with Gasteiger partial charge in [0, 0.05) is 10.9 Å². The number of hydrogen-bond acceptors (Lipinski definition) is 4. The monoisotopic (exact) mass is 235 g/mol. The highest BCUT2D eigenvalue weighted by Crippen LogP contribution is 2.28. The van der Waals surface area contributed by atoms with Crippen molar-refractivity contribution < 1.29 is 14.6 Å². The zero-order valence-electron chi connectivity index (χ0n) is 9.76. The van der Waals surface area contributed by atoms with Crippen LogP contribution < -0.4 is 5.32 Å². The highest BCUT2D eigenvalue weighted by atomic mass is 16.3. The molecule has 0 radical (unpaired) electrons. The number of furan rings is 1. The molecular weight excluding hydrogens is 218 g/mol. The number of benzene rings is 1. The highest BCUT2D eigenvalue weighted by Gasteiger charge is 2.21. The van der Waals surface area contributed by atoms with Crippen molar-refractivity contribution in [1.82, 2.24) is 5.32 Å². The van der Waals surface area contributed by atoms with Crippen LogP contribution in [0.2, 0.25) is 0 Å². The minimum absolute atomic E-state index is 0.497. The summed E-state index contributed by atoms with van der Waals surface area (Å²) in [7, 11) is 1.81. The zero-order chi connectivity index (χ0) is 12.3. The van der Waals surface area contributed by atoms with Crippen LogP contribution in [0.4, 0.5) is 0 Å². The van der Waals surface area contributed by atoms with E-state index in [1.807, 2.05) is 31.3 Å². The van der Waals surface area contributed by atoms with Crippen molar-refractivity contribution in [1.29, 1.82) is 0 Å². The Kier molecular flexibility index (Phi) is 3.78. The Hall–Kier alpha value is -1.36. The molecule has 0 aliphatic rings. The summed E-state index contributed by atoms with van der Waals surface area (Å²) in [5.41, 5.74) is 1.37. The lowest BCUT2D eigenvalue weighted by atomic mass is 10.0. The van der Waals surface area contributed by atoms with E-state index in [9.17, 15) is 10.2 Å². The molecule has 1 aromatic heterocycles. The van der Waals surface area contributed by atoms with Gasteiger partial charge < -0.3 is 19.9 Å². The average molecular weight is 235 g/mol. The van der Waals surface area contributed by atoms with Gasteiger partial charge in [0.2, 0.25) is 0 Å². The number of hydrogen-bond donors (Lipinski definition) is 3. The van der Waals surface area contributed by atoms with Crippen molar-refractivity contribution in [2.45, 2.75) is 18.6 Å². The van der Waals surface area contributed by atoms with E-state index in [0.29, 0.717) is 18.5 Å². The Balaban J connectivity index is 2.21. The molecule has 0 saturated heterocycles. The fraction of sp³-hybridized carbons (Fsp3) is 0.385. The van der Waals surface area contributed by atoms with Gasteiger partial charge in [0.25, 0.3) is 0 Å². The van der Waals surface area contributed by atoms with E-state index in [4.69, 9.17) is 4.42 Å². The molecule has 2 unspecified atom stereocenters. The molecular formula is C13H17NO3. The van der Waals surface area contributed by atoms with Gasteiger partial charge in [-0.1, -0.05) is 18.2 Å². The quantitative estimate of drug-likeness (QED) is 0.733. The first-order chi connectivity index (χ1) is 8.24. The molecule has 92 valence electrons. The second-order valence-corrected chi connectivity index (χ2v) is 4.09. The minimum Gasteiger partial charge on any atom is -0.464 e. The van der Waals surface area contributed by atoms with Gasteiger partial charge in [-0.05, 0) is 26.1 Å². The minimum atomic E-state index is -0.910. The molecule has 2 atom stereocenters. The Morgan fingerprint density at radius 3 is 2.82 bits per heavy atom. The SMILES string of the molecule is CNCCC(O)C(O)c1coc2ccccc12. The van der Waals surface area contributed by atoms with E-state index in [-0.39, 0.29) is 0 Å². The van der Waals surface area contributed by atoms with Crippen LogP contribution in [0.3, 0.4) is 0 Å². The summed E-state index contributed by atoms with van der Waals surface area (Å²) < 4.78 is 5.34. The van der Waals surface area contributed by atoms with E-state index in [0.717, 1.165) is 11.0 Å². The third-order valence-electron chi connectivity index (χ3n) is 2.88. The molecule has 4 heteroatoms. The smallest absolute Gasteiger partial charge is 0.134 e. The highest BCUT2D eigenvalue weighted by molar-refractivity contribution is 5.81. The van der Waals surface area contributed by atoms with Gasteiger partial charge in [-0.15, -0.1) is 0 Å². The lowest BCUT2D eigenvalue weighted by Crippen LogP contribution is -2.23. The van der Waals surface area contributed by atoms with Crippen molar-refractivity contribution in [3.05, 3.63) is 36.1 Å². The lowest BCUT2D eigenvalue weighted by Gasteiger charge is -2.16. The normalized spacial score (nSPS) is 15.0. The first kappa shape index (κ1) is 12.1. The van der Waals surface area contributed by atoms with Crippen LogP contribution in [0.5, 0.6) is 0 Å². The maximum Gasteiger partial charge on any atom is 0.134 e. The van der Waals surface area contributed by atoms with E-state index in [1.54, 1.807) is 0 Å². The van der Waals surface area contributed by atoms with E-state index in [1.165, 1.54) is 6.26 Å². The van der Waals surface area contributed by atoms with Crippen LogP contribution in [0.15, 0.2) is 34.9 Å². The summed E-state index contributed by atoms with van der Waals surface area (Å²) in [4.78, 5) is 0. The van der Waals surface area contributed by atoms with E-state index in [2.05, 4.69) is 5.32 Å². The number of rotatable bonds is 5. The van der Waals surface area contributed by atoms with Crippen LogP contribution >= 0.6 is 0 Å². The second-order valence-electron chi connectivity index (χ2n) is 4.09. The maximum atomic E-state index is 10.1. The molecule has 4 nitrogen and oxygen atoms in total.